The molecule has 0 spiro atoms. The van der Waals surface area contributed by atoms with Crippen LogP contribution < -0.4 is 0 Å². The predicted molar refractivity (Wildman–Crippen MR) is 195 cm³/mol. The van der Waals surface area contributed by atoms with Crippen LogP contribution in [0.5, 0.6) is 0 Å². The Labute approximate surface area is 304 Å². The molecule has 8 unspecified atom stereocenters. The normalized spacial score (nSPS) is 35.4. The molecule has 5 aliphatic rings. The van der Waals surface area contributed by atoms with Crippen LogP contribution in [0.2, 0.25) is 0 Å². The Morgan fingerprint density at radius 2 is 0.800 bits per heavy atom. The van der Waals surface area contributed by atoms with Gasteiger partial charge in [-0.25, -0.2) is 0 Å². The number of hydrogen-bond acceptors (Lipinski definition) is 8. The number of unbranched alkanes of at least 4 members (excludes halogenated alkanes) is 6. The maximum Gasteiger partial charge on any atom is 0.157 e. The fourth-order valence-corrected chi connectivity index (χ4v) is 9.77. The minimum absolute atomic E-state index is 0.0172. The zero-order valence-corrected chi connectivity index (χ0v) is 31.4. The Hall–Kier alpha value is -0.900. The summed E-state index contributed by atoms with van der Waals surface area (Å²) in [6.45, 7) is 4.77. The van der Waals surface area contributed by atoms with Crippen molar-refractivity contribution in [3.8, 4) is 0 Å². The van der Waals surface area contributed by atoms with Crippen molar-refractivity contribution in [2.24, 2.45) is 35.5 Å². The maximum absolute atomic E-state index is 12.1. The monoisotopic (exact) mass is 705 g/mol. The van der Waals surface area contributed by atoms with Gasteiger partial charge < -0.3 is 38.0 Å². The summed E-state index contributed by atoms with van der Waals surface area (Å²) in [6.07, 6.45) is 29.9. The lowest BCUT2D eigenvalue weighted by Crippen LogP contribution is -2.38. The molecule has 2 saturated heterocycles. The average molecular weight is 705 g/mol. The van der Waals surface area contributed by atoms with E-state index in [1.54, 1.807) is 0 Å². The summed E-state index contributed by atoms with van der Waals surface area (Å²) < 4.78 is 35.6. The molecule has 8 heteroatoms. The van der Waals surface area contributed by atoms with Gasteiger partial charge in [-0.3, -0.25) is 0 Å². The van der Waals surface area contributed by atoms with Crippen molar-refractivity contribution in [2.75, 3.05) is 39.6 Å². The van der Waals surface area contributed by atoms with Gasteiger partial charge in [-0.05, 0) is 152 Å². The zero-order valence-electron chi connectivity index (χ0n) is 31.4. The summed E-state index contributed by atoms with van der Waals surface area (Å²) in [5, 5.41) is 0. The van der Waals surface area contributed by atoms with Gasteiger partial charge in [-0.1, -0.05) is 25.7 Å². The van der Waals surface area contributed by atoms with Crippen molar-refractivity contribution in [3.63, 3.8) is 0 Å². The van der Waals surface area contributed by atoms with Crippen LogP contribution in [0.4, 0.5) is 0 Å². The predicted octanol–water partition coefficient (Wildman–Crippen LogP) is 9.00. The standard InChI is InChI=1S/C42H72O8/c43-31-37-29-35(19-21-39(37)45-23-7-1-3-9-25-47-41-13-5-11-27-49-41)33-15-17-34(18-16-33)36-20-22-40(38(30-36)32-44)46-24-8-2-4-10-26-48-42-14-6-12-28-50-42/h31-42H,1-30H2. The van der Waals surface area contributed by atoms with Crippen molar-refractivity contribution >= 4 is 12.6 Å². The van der Waals surface area contributed by atoms with E-state index in [0.717, 1.165) is 154 Å². The third-order valence-corrected chi connectivity index (χ3v) is 12.9. The molecule has 0 radical (unpaired) electrons. The van der Waals surface area contributed by atoms with E-state index in [1.807, 2.05) is 0 Å². The minimum Gasteiger partial charge on any atom is -0.377 e. The summed E-state index contributed by atoms with van der Waals surface area (Å²) in [5.41, 5.74) is 0. The zero-order chi connectivity index (χ0) is 34.6. The van der Waals surface area contributed by atoms with Crippen LogP contribution in [0.25, 0.3) is 0 Å². The van der Waals surface area contributed by atoms with Crippen LogP contribution in [0.15, 0.2) is 0 Å². The summed E-state index contributed by atoms with van der Waals surface area (Å²) >= 11 is 0. The van der Waals surface area contributed by atoms with Crippen LogP contribution in [-0.4, -0.2) is 77.0 Å². The fourth-order valence-electron chi connectivity index (χ4n) is 9.77. The molecule has 3 saturated carbocycles. The van der Waals surface area contributed by atoms with Gasteiger partial charge in [0, 0.05) is 51.5 Å². The van der Waals surface area contributed by atoms with Crippen LogP contribution in [0, 0.1) is 35.5 Å². The lowest BCUT2D eigenvalue weighted by Gasteiger charge is -2.43. The van der Waals surface area contributed by atoms with Gasteiger partial charge in [-0.15, -0.1) is 0 Å². The third kappa shape index (κ3) is 13.8. The summed E-state index contributed by atoms with van der Waals surface area (Å²) in [7, 11) is 0. The van der Waals surface area contributed by atoms with Gasteiger partial charge in [0.15, 0.2) is 12.6 Å². The van der Waals surface area contributed by atoms with Crippen molar-refractivity contribution in [1.82, 2.24) is 0 Å². The molecule has 0 N–H and O–H groups in total. The first-order chi connectivity index (χ1) is 24.7. The number of hydrogen-bond donors (Lipinski definition) is 0. The van der Waals surface area contributed by atoms with Gasteiger partial charge in [0.2, 0.25) is 0 Å². The second kappa shape index (κ2) is 23.7. The van der Waals surface area contributed by atoms with E-state index in [-0.39, 0.29) is 36.6 Å². The average Bonchev–Trinajstić information content (AvgIpc) is 3.17. The minimum atomic E-state index is 0.0172. The molecule has 0 aromatic carbocycles. The molecular formula is C42H72O8. The molecule has 5 fully saturated rings. The molecule has 3 aliphatic carbocycles. The number of carbonyl (C=O) groups is 2. The quantitative estimate of drug-likeness (QED) is 0.0815. The molecule has 0 bridgehead atoms. The van der Waals surface area contributed by atoms with E-state index in [9.17, 15) is 9.59 Å². The molecule has 288 valence electrons. The van der Waals surface area contributed by atoms with Crippen LogP contribution in [-0.2, 0) is 38.0 Å². The van der Waals surface area contributed by atoms with Gasteiger partial charge in [0.05, 0.1) is 12.2 Å². The van der Waals surface area contributed by atoms with Crippen molar-refractivity contribution in [3.05, 3.63) is 0 Å². The molecule has 0 amide bonds. The highest BCUT2D eigenvalue weighted by Gasteiger charge is 2.39. The van der Waals surface area contributed by atoms with E-state index in [4.69, 9.17) is 28.4 Å². The smallest absolute Gasteiger partial charge is 0.157 e. The van der Waals surface area contributed by atoms with E-state index < -0.39 is 0 Å². The van der Waals surface area contributed by atoms with Gasteiger partial charge in [-0.2, -0.15) is 0 Å². The third-order valence-electron chi connectivity index (χ3n) is 12.9. The van der Waals surface area contributed by atoms with Gasteiger partial charge in [0.1, 0.15) is 12.6 Å². The van der Waals surface area contributed by atoms with Gasteiger partial charge >= 0.3 is 0 Å². The first-order valence-electron chi connectivity index (χ1n) is 21.3. The van der Waals surface area contributed by atoms with Crippen molar-refractivity contribution < 1.29 is 38.0 Å². The largest absolute Gasteiger partial charge is 0.377 e. The summed E-state index contributed by atoms with van der Waals surface area (Å²) in [6, 6.07) is 0. The van der Waals surface area contributed by atoms with E-state index >= 15 is 0 Å². The Bertz CT molecular complexity index is 824. The van der Waals surface area contributed by atoms with Crippen molar-refractivity contribution in [1.29, 1.82) is 0 Å². The van der Waals surface area contributed by atoms with E-state index in [2.05, 4.69) is 0 Å². The molecule has 8 nitrogen and oxygen atoms in total. The summed E-state index contributed by atoms with van der Waals surface area (Å²) in [4.78, 5) is 24.2. The molecule has 50 heavy (non-hydrogen) atoms. The van der Waals surface area contributed by atoms with E-state index in [1.165, 1.54) is 63.9 Å². The first-order valence-corrected chi connectivity index (χ1v) is 21.3. The number of rotatable bonds is 22. The highest BCUT2D eigenvalue weighted by Crippen LogP contribution is 2.46. The Morgan fingerprint density at radius 3 is 1.16 bits per heavy atom. The SMILES string of the molecule is O=CC1CC(C2CCC(C3CCC(OCCCCCCOC4CCCCO4)C(C=O)C3)CC2)CCC1OCCCCCCOC1CCCCO1. The molecule has 5 rings (SSSR count). The van der Waals surface area contributed by atoms with Crippen molar-refractivity contribution in [2.45, 2.75) is 179 Å². The lowest BCUT2D eigenvalue weighted by atomic mass is 9.64. The second-order valence-electron chi connectivity index (χ2n) is 16.4. The number of ether oxygens (including phenoxy) is 6. The number of aldehydes is 2. The topological polar surface area (TPSA) is 89.5 Å². The molecular weight excluding hydrogens is 632 g/mol. The van der Waals surface area contributed by atoms with Crippen LogP contribution in [0.3, 0.4) is 0 Å². The lowest BCUT2D eigenvalue weighted by molar-refractivity contribution is -0.163. The number of carbonyl (C=O) groups excluding carboxylic acids is 2. The van der Waals surface area contributed by atoms with Crippen LogP contribution >= 0.6 is 0 Å². The van der Waals surface area contributed by atoms with Gasteiger partial charge in [0.25, 0.3) is 0 Å². The fraction of sp³-hybridized carbons (Fsp3) is 0.952. The molecule has 0 aromatic heterocycles. The highest BCUT2D eigenvalue weighted by molar-refractivity contribution is 5.55. The highest BCUT2D eigenvalue weighted by atomic mass is 16.7. The second-order valence-corrected chi connectivity index (χ2v) is 16.4. The maximum atomic E-state index is 12.1. The Balaban J connectivity index is 0.882. The molecule has 2 heterocycles. The molecule has 0 aromatic rings. The Kier molecular flexibility index (Phi) is 19.1. The molecule has 8 atom stereocenters. The molecule has 2 aliphatic heterocycles. The first kappa shape index (κ1) is 40.3. The Morgan fingerprint density at radius 1 is 0.420 bits per heavy atom. The summed E-state index contributed by atoms with van der Waals surface area (Å²) in [5.74, 6) is 2.90. The van der Waals surface area contributed by atoms with E-state index in [0.29, 0.717) is 11.8 Å². The van der Waals surface area contributed by atoms with Crippen LogP contribution in [0.1, 0.15) is 154 Å².